The predicted octanol–water partition coefficient (Wildman–Crippen LogP) is -2.38. The van der Waals surface area contributed by atoms with E-state index >= 15 is 0 Å². The summed E-state index contributed by atoms with van der Waals surface area (Å²) in [5.74, 6) is 0. The molecule has 0 aromatic heterocycles. The molecule has 12 heavy (non-hydrogen) atoms. The maximum Gasteiger partial charge on any atom is 0.105 e. The first-order valence-corrected chi connectivity index (χ1v) is 3.30. The second kappa shape index (κ2) is 5.27. The van der Waals surface area contributed by atoms with Crippen molar-refractivity contribution in [3.05, 3.63) is 6.61 Å². The molecule has 1 saturated heterocycles. The van der Waals surface area contributed by atoms with Gasteiger partial charge in [-0.2, -0.15) is 6.61 Å². The van der Waals surface area contributed by atoms with Gasteiger partial charge in [-0.1, -0.05) is 0 Å². The summed E-state index contributed by atoms with van der Waals surface area (Å²) >= 11 is 0. The van der Waals surface area contributed by atoms with Gasteiger partial charge in [0.2, 0.25) is 0 Å². The fourth-order valence-corrected chi connectivity index (χ4v) is 0.915. The van der Waals surface area contributed by atoms with Crippen LogP contribution in [-0.2, 0) is 25.8 Å². The van der Waals surface area contributed by atoms with Gasteiger partial charge in [0.1, 0.15) is 6.10 Å². The van der Waals surface area contributed by atoms with Gasteiger partial charge in [-0.15, -0.1) is 0 Å². The molecule has 0 unspecified atom stereocenters. The molecule has 4 atom stereocenters. The van der Waals surface area contributed by atoms with Crippen molar-refractivity contribution in [2.75, 3.05) is 6.61 Å². The van der Waals surface area contributed by atoms with Crippen LogP contribution in [-0.4, -0.2) is 51.4 Å². The number of aliphatic hydroxyl groups excluding tert-OH is 4. The first-order valence-electron chi connectivity index (χ1n) is 3.30. The monoisotopic (exact) mass is 358 g/mol. The second-order valence-electron chi connectivity index (χ2n) is 2.46. The van der Waals surface area contributed by atoms with Gasteiger partial charge in [0, 0.05) is 21.1 Å². The molecule has 0 spiro atoms. The molecule has 76 valence electrons. The summed E-state index contributed by atoms with van der Waals surface area (Å²) in [6, 6.07) is 0. The molecule has 1 rings (SSSR count). The van der Waals surface area contributed by atoms with Crippen molar-refractivity contribution in [1.29, 1.82) is 0 Å². The van der Waals surface area contributed by atoms with Crippen LogP contribution in [0.2, 0.25) is 0 Å². The van der Waals surface area contributed by atoms with Crippen LogP contribution in [0.5, 0.6) is 0 Å². The molecular formula is C6H11O5Pt-. The normalized spacial score (nSPS) is 42.0. The molecule has 5 nitrogen and oxygen atoms in total. The van der Waals surface area contributed by atoms with Crippen molar-refractivity contribution in [3.8, 4) is 0 Å². The summed E-state index contributed by atoms with van der Waals surface area (Å²) in [4.78, 5) is 0. The van der Waals surface area contributed by atoms with Crippen LogP contribution in [0.4, 0.5) is 0 Å². The minimum absolute atomic E-state index is 0. The summed E-state index contributed by atoms with van der Waals surface area (Å²) in [5, 5.41) is 35.6. The molecule has 1 aliphatic rings. The molecule has 6 heteroatoms. The van der Waals surface area contributed by atoms with Gasteiger partial charge in [0.25, 0.3) is 0 Å². The van der Waals surface area contributed by atoms with E-state index in [2.05, 4.69) is 4.74 Å². The zero-order valence-electron chi connectivity index (χ0n) is 6.11. The Labute approximate surface area is 84.2 Å². The molecule has 0 saturated carbocycles. The largest absolute Gasteiger partial charge is 0.544 e. The van der Waals surface area contributed by atoms with Crippen molar-refractivity contribution in [3.63, 3.8) is 0 Å². The minimum atomic E-state index is -1.28. The van der Waals surface area contributed by atoms with E-state index < -0.39 is 24.4 Å². The maximum atomic E-state index is 9.09. The van der Waals surface area contributed by atoms with Gasteiger partial charge < -0.3 is 25.2 Å². The first kappa shape index (κ1) is 12.5. The van der Waals surface area contributed by atoms with E-state index in [9.17, 15) is 0 Å². The van der Waals surface area contributed by atoms with Crippen molar-refractivity contribution in [1.82, 2.24) is 0 Å². The van der Waals surface area contributed by atoms with Gasteiger partial charge in [0.05, 0.1) is 18.8 Å². The Bertz CT molecular complexity index is 131. The van der Waals surface area contributed by atoms with E-state index in [4.69, 9.17) is 20.4 Å². The van der Waals surface area contributed by atoms with Crippen molar-refractivity contribution in [2.24, 2.45) is 0 Å². The number of rotatable bonds is 1. The standard InChI is InChI=1S/C6H11O5.Pt/c7-1-4-6(10)5(9)3(8)2-11-4;/h2-10H,1H2;/q-1;/t3-,4+,5+,6+;/m0./s1. The predicted molar refractivity (Wildman–Crippen MR) is 34.3 cm³/mol. The van der Waals surface area contributed by atoms with E-state index in [1.165, 1.54) is 0 Å². The first-order chi connectivity index (χ1) is 5.16. The minimum Gasteiger partial charge on any atom is -0.544 e. The molecule has 0 amide bonds. The van der Waals surface area contributed by atoms with Crippen LogP contribution >= 0.6 is 0 Å². The van der Waals surface area contributed by atoms with Crippen LogP contribution in [0.1, 0.15) is 0 Å². The quantitative estimate of drug-likeness (QED) is 0.393. The number of ether oxygens (including phenoxy) is 1. The molecular weight excluding hydrogens is 347 g/mol. The number of aliphatic hydroxyl groups is 4. The summed E-state index contributed by atoms with van der Waals surface area (Å²) < 4.78 is 4.69. The average molecular weight is 358 g/mol. The Morgan fingerprint density at radius 1 is 1.17 bits per heavy atom. The van der Waals surface area contributed by atoms with Gasteiger partial charge in [-0.05, 0) is 6.10 Å². The molecule has 0 aromatic carbocycles. The molecule has 1 fully saturated rings. The van der Waals surface area contributed by atoms with Crippen LogP contribution in [0.3, 0.4) is 0 Å². The van der Waals surface area contributed by atoms with Crippen molar-refractivity contribution < 1.29 is 46.2 Å². The molecule has 0 aromatic rings. The Kier molecular flexibility index (Phi) is 5.48. The van der Waals surface area contributed by atoms with E-state index in [0.29, 0.717) is 0 Å². The van der Waals surface area contributed by atoms with E-state index in [1.54, 1.807) is 0 Å². The third kappa shape index (κ3) is 2.49. The molecule has 0 bridgehead atoms. The summed E-state index contributed by atoms with van der Waals surface area (Å²) in [7, 11) is 0. The fraction of sp³-hybridized carbons (Fsp3) is 0.833. The summed E-state index contributed by atoms with van der Waals surface area (Å²) in [5.41, 5.74) is 0. The Morgan fingerprint density at radius 3 is 2.25 bits per heavy atom. The molecule has 4 N–H and O–H groups in total. The Balaban J connectivity index is 0.00000121. The zero-order valence-corrected chi connectivity index (χ0v) is 8.38. The third-order valence-corrected chi connectivity index (χ3v) is 1.65. The second-order valence-corrected chi connectivity index (χ2v) is 2.46. The SMILES string of the molecule is OC[C@H]1O[CH-][C@H](O)[C@@H](O)[C@@H]1O.[Pt]. The van der Waals surface area contributed by atoms with Crippen LogP contribution in [0, 0.1) is 6.61 Å². The van der Waals surface area contributed by atoms with E-state index in [-0.39, 0.29) is 27.7 Å². The van der Waals surface area contributed by atoms with E-state index in [1.807, 2.05) is 0 Å². The summed E-state index contributed by atoms with van der Waals surface area (Å²) in [6.45, 7) is 0.611. The van der Waals surface area contributed by atoms with E-state index in [0.717, 1.165) is 6.61 Å². The molecule has 1 heterocycles. The van der Waals surface area contributed by atoms with Gasteiger partial charge in [0.15, 0.2) is 0 Å². The van der Waals surface area contributed by atoms with Crippen molar-refractivity contribution >= 4 is 0 Å². The maximum absolute atomic E-state index is 9.09. The molecule has 0 aliphatic carbocycles. The van der Waals surface area contributed by atoms with Gasteiger partial charge >= 0.3 is 0 Å². The third-order valence-electron chi connectivity index (χ3n) is 1.65. The van der Waals surface area contributed by atoms with Gasteiger partial charge in [-0.25, -0.2) is 0 Å². The van der Waals surface area contributed by atoms with Crippen LogP contribution in [0.25, 0.3) is 0 Å². The number of hydrogen-bond donors (Lipinski definition) is 4. The Morgan fingerprint density at radius 2 is 1.75 bits per heavy atom. The van der Waals surface area contributed by atoms with Crippen LogP contribution < -0.4 is 0 Å². The van der Waals surface area contributed by atoms with Crippen LogP contribution in [0.15, 0.2) is 0 Å². The topological polar surface area (TPSA) is 90.2 Å². The van der Waals surface area contributed by atoms with Gasteiger partial charge in [-0.3, -0.25) is 0 Å². The fourth-order valence-electron chi connectivity index (χ4n) is 0.915. The smallest absolute Gasteiger partial charge is 0.105 e. The van der Waals surface area contributed by atoms with Crippen molar-refractivity contribution in [2.45, 2.75) is 24.4 Å². The Hall–Kier alpha value is 0.488. The molecule has 0 radical (unpaired) electrons. The zero-order chi connectivity index (χ0) is 8.43. The summed E-state index contributed by atoms with van der Waals surface area (Å²) in [6.07, 6.45) is -4.54. The average Bonchev–Trinajstić information content (AvgIpc) is 2.01. The number of hydrogen-bond acceptors (Lipinski definition) is 5. The molecule has 1 aliphatic heterocycles.